The van der Waals surface area contributed by atoms with E-state index in [1.807, 2.05) is 0 Å². The highest BCUT2D eigenvalue weighted by Crippen LogP contribution is 2.30. The van der Waals surface area contributed by atoms with Gasteiger partial charge in [0.15, 0.2) is 5.76 Å². The van der Waals surface area contributed by atoms with E-state index in [1.54, 1.807) is 11.0 Å². The molecule has 0 N–H and O–H groups in total. The fourth-order valence-corrected chi connectivity index (χ4v) is 2.93. The smallest absolute Gasteiger partial charge is 0.433 e. The number of amides is 1. The Morgan fingerprint density at radius 1 is 1.19 bits per heavy atom. The van der Waals surface area contributed by atoms with Crippen molar-refractivity contribution in [3.05, 3.63) is 52.5 Å². The van der Waals surface area contributed by atoms with Gasteiger partial charge in [-0.05, 0) is 25.0 Å². The molecule has 10 nitrogen and oxygen atoms in total. The number of piperidine rings is 1. The van der Waals surface area contributed by atoms with Crippen LogP contribution in [0.5, 0.6) is 0 Å². The molecule has 3 aromatic heterocycles. The molecule has 1 saturated heterocycles. The van der Waals surface area contributed by atoms with Crippen molar-refractivity contribution < 1.29 is 23.0 Å². The van der Waals surface area contributed by atoms with Gasteiger partial charge in [-0.1, -0.05) is 0 Å². The van der Waals surface area contributed by atoms with Crippen molar-refractivity contribution in [3.63, 3.8) is 0 Å². The van der Waals surface area contributed by atoms with Gasteiger partial charge < -0.3 is 18.2 Å². The van der Waals surface area contributed by atoms with Gasteiger partial charge in [0, 0.05) is 19.0 Å². The minimum Gasteiger partial charge on any atom is -0.472 e. The van der Waals surface area contributed by atoms with Crippen LogP contribution in [-0.2, 0) is 0 Å². The lowest BCUT2D eigenvalue weighted by Crippen LogP contribution is -2.37. The molecule has 10 heteroatoms. The largest absolute Gasteiger partial charge is 0.472 e. The lowest BCUT2D eigenvalue weighted by molar-refractivity contribution is -0.402. The second-order valence-electron chi connectivity index (χ2n) is 5.92. The third-order valence-electron chi connectivity index (χ3n) is 4.32. The van der Waals surface area contributed by atoms with Crippen LogP contribution in [-0.4, -0.2) is 39.0 Å². The number of hydrogen-bond donors (Lipinski definition) is 0. The van der Waals surface area contributed by atoms with Crippen molar-refractivity contribution in [2.24, 2.45) is 0 Å². The summed E-state index contributed by atoms with van der Waals surface area (Å²) >= 11 is 0. The van der Waals surface area contributed by atoms with Crippen LogP contribution in [0.3, 0.4) is 0 Å². The van der Waals surface area contributed by atoms with Crippen molar-refractivity contribution in [1.82, 2.24) is 15.1 Å². The fourth-order valence-electron chi connectivity index (χ4n) is 2.93. The van der Waals surface area contributed by atoms with Crippen molar-refractivity contribution in [2.75, 3.05) is 13.1 Å². The summed E-state index contributed by atoms with van der Waals surface area (Å²) in [6, 6.07) is 4.23. The Hall–Kier alpha value is -3.43. The molecular formula is C16H14N4O6. The maximum atomic E-state index is 12.4. The Kier molecular flexibility index (Phi) is 3.99. The molecule has 1 aliphatic rings. The number of carbonyl (C=O) groups excluding carboxylic acids is 1. The summed E-state index contributed by atoms with van der Waals surface area (Å²) < 4.78 is 15.7. The van der Waals surface area contributed by atoms with Crippen LogP contribution in [0.15, 0.2) is 44.0 Å². The molecule has 4 heterocycles. The number of likely N-dealkylation sites (tertiary alicyclic amines) is 1. The van der Waals surface area contributed by atoms with Crippen LogP contribution in [0.25, 0.3) is 11.5 Å². The van der Waals surface area contributed by atoms with E-state index in [0.717, 1.165) is 5.56 Å². The Morgan fingerprint density at radius 3 is 2.65 bits per heavy atom. The number of nitrogens with zero attached hydrogens (tertiary/aromatic N) is 4. The number of aromatic nitrogens is 2. The zero-order chi connectivity index (χ0) is 18.1. The molecule has 0 atom stereocenters. The van der Waals surface area contributed by atoms with Gasteiger partial charge in [-0.3, -0.25) is 14.9 Å². The van der Waals surface area contributed by atoms with E-state index in [1.165, 1.54) is 24.7 Å². The number of rotatable bonds is 4. The summed E-state index contributed by atoms with van der Waals surface area (Å²) in [6.45, 7) is 0.947. The third-order valence-corrected chi connectivity index (χ3v) is 4.32. The van der Waals surface area contributed by atoms with Crippen molar-refractivity contribution in [3.8, 4) is 11.5 Å². The molecule has 0 unspecified atom stereocenters. The Labute approximate surface area is 146 Å². The number of carbonyl (C=O) groups is 1. The molecule has 0 bridgehead atoms. The maximum absolute atomic E-state index is 12.4. The molecule has 1 fully saturated rings. The van der Waals surface area contributed by atoms with Crippen LogP contribution in [0.1, 0.15) is 35.2 Å². The molecule has 26 heavy (non-hydrogen) atoms. The highest BCUT2D eigenvalue weighted by molar-refractivity contribution is 5.91. The average molecular weight is 358 g/mol. The zero-order valence-corrected chi connectivity index (χ0v) is 13.5. The topological polar surface area (TPSA) is 129 Å². The summed E-state index contributed by atoms with van der Waals surface area (Å²) in [5.41, 5.74) is 0.718. The molecule has 0 radical (unpaired) electrons. The molecule has 134 valence electrons. The van der Waals surface area contributed by atoms with Gasteiger partial charge >= 0.3 is 5.88 Å². The van der Waals surface area contributed by atoms with Gasteiger partial charge in [0.25, 0.3) is 11.8 Å². The molecular weight excluding hydrogens is 344 g/mol. The molecule has 4 rings (SSSR count). The molecule has 0 spiro atoms. The minimum atomic E-state index is -0.670. The fraction of sp³-hybridized carbons (Fsp3) is 0.312. The molecule has 1 aliphatic heterocycles. The van der Waals surface area contributed by atoms with E-state index < -0.39 is 10.8 Å². The highest BCUT2D eigenvalue weighted by atomic mass is 16.6. The summed E-state index contributed by atoms with van der Waals surface area (Å²) in [5, 5.41) is 18.8. The van der Waals surface area contributed by atoms with Crippen molar-refractivity contribution >= 4 is 11.8 Å². The Balaban J connectivity index is 1.39. The van der Waals surface area contributed by atoms with Crippen LogP contribution in [0.2, 0.25) is 0 Å². The number of furan rings is 2. The van der Waals surface area contributed by atoms with Gasteiger partial charge in [-0.15, -0.1) is 10.2 Å². The Morgan fingerprint density at radius 2 is 2.00 bits per heavy atom. The quantitative estimate of drug-likeness (QED) is 0.514. The molecule has 0 aromatic carbocycles. The van der Waals surface area contributed by atoms with Crippen molar-refractivity contribution in [1.29, 1.82) is 0 Å². The van der Waals surface area contributed by atoms with E-state index in [-0.39, 0.29) is 17.6 Å². The van der Waals surface area contributed by atoms with Crippen LogP contribution >= 0.6 is 0 Å². The third kappa shape index (κ3) is 2.96. The molecule has 3 aromatic rings. The minimum absolute atomic E-state index is 0.0322. The number of nitro groups is 1. The van der Waals surface area contributed by atoms with Crippen LogP contribution < -0.4 is 0 Å². The highest BCUT2D eigenvalue weighted by Gasteiger charge is 2.30. The van der Waals surface area contributed by atoms with Crippen LogP contribution in [0, 0.1) is 10.1 Å². The summed E-state index contributed by atoms with van der Waals surface area (Å²) in [6.07, 6.45) is 4.37. The SMILES string of the molecule is O=C(c1ccc([N+](=O)[O-])o1)N1CCC(c2nnc(-c3ccoc3)o2)CC1. The molecule has 0 aliphatic carbocycles. The molecule has 0 saturated carbocycles. The normalized spacial score (nSPS) is 15.3. The van der Waals surface area contributed by atoms with Gasteiger partial charge in [-0.25, -0.2) is 0 Å². The predicted molar refractivity (Wildman–Crippen MR) is 85.2 cm³/mol. The first kappa shape index (κ1) is 16.1. The lowest BCUT2D eigenvalue weighted by atomic mass is 9.96. The van der Waals surface area contributed by atoms with E-state index in [2.05, 4.69) is 10.2 Å². The van der Waals surface area contributed by atoms with Gasteiger partial charge in [-0.2, -0.15) is 0 Å². The summed E-state index contributed by atoms with van der Waals surface area (Å²) in [4.78, 5) is 24.0. The zero-order valence-electron chi connectivity index (χ0n) is 13.5. The first-order valence-corrected chi connectivity index (χ1v) is 8.01. The maximum Gasteiger partial charge on any atom is 0.433 e. The van der Waals surface area contributed by atoms with Gasteiger partial charge in [0.2, 0.25) is 5.89 Å². The lowest BCUT2D eigenvalue weighted by Gasteiger charge is -2.29. The predicted octanol–water partition coefficient (Wildman–Crippen LogP) is 2.85. The van der Waals surface area contributed by atoms with E-state index >= 15 is 0 Å². The van der Waals surface area contributed by atoms with Crippen LogP contribution in [0.4, 0.5) is 5.88 Å². The van der Waals surface area contributed by atoms with E-state index in [0.29, 0.717) is 37.7 Å². The summed E-state index contributed by atoms with van der Waals surface area (Å²) in [7, 11) is 0. The first-order valence-electron chi connectivity index (χ1n) is 8.01. The summed E-state index contributed by atoms with van der Waals surface area (Å²) in [5.74, 6) is 0.146. The monoisotopic (exact) mass is 358 g/mol. The van der Waals surface area contributed by atoms with Gasteiger partial charge in [0.05, 0.1) is 17.9 Å². The van der Waals surface area contributed by atoms with E-state index in [4.69, 9.17) is 13.3 Å². The average Bonchev–Trinajstić information content (AvgIpc) is 3.42. The van der Waals surface area contributed by atoms with Crippen molar-refractivity contribution in [2.45, 2.75) is 18.8 Å². The van der Waals surface area contributed by atoms with E-state index in [9.17, 15) is 14.9 Å². The molecule has 1 amide bonds. The van der Waals surface area contributed by atoms with Gasteiger partial charge in [0.1, 0.15) is 11.2 Å². The number of hydrogen-bond acceptors (Lipinski definition) is 8. The second kappa shape index (κ2) is 6.47. The standard InChI is InChI=1S/C16H14N4O6/c21-16(12-1-2-13(25-12)20(22)23)19-6-3-10(4-7-19)14-17-18-15(26-14)11-5-8-24-9-11/h1-2,5,8-10H,3-4,6-7H2. The Bertz CT molecular complexity index is 920. The second-order valence-corrected chi connectivity index (χ2v) is 5.92. The first-order chi connectivity index (χ1) is 12.6.